The maximum atomic E-state index is 14.0. The summed E-state index contributed by atoms with van der Waals surface area (Å²) in [6.45, 7) is 0. The molecular weight excluding hydrogens is 499 g/mol. The van der Waals surface area contributed by atoms with Crippen LogP contribution in [0.4, 0.5) is 13.2 Å². The second kappa shape index (κ2) is 9.79. The summed E-state index contributed by atoms with van der Waals surface area (Å²) in [6, 6.07) is 7.09. The van der Waals surface area contributed by atoms with Gasteiger partial charge < -0.3 is 5.32 Å². The van der Waals surface area contributed by atoms with E-state index in [1.165, 1.54) is 22.5 Å². The molecule has 0 spiro atoms. The van der Waals surface area contributed by atoms with Crippen molar-refractivity contribution in [2.75, 3.05) is 0 Å². The average molecular weight is 518 g/mol. The van der Waals surface area contributed by atoms with E-state index in [0.717, 1.165) is 49.4 Å². The number of alkyl halides is 3. The Bertz CT molecular complexity index is 1060. The minimum Gasteiger partial charge on any atom is -0.307 e. The number of carbonyl (C=O) groups is 1. The Morgan fingerprint density at radius 1 is 1.25 bits per heavy atom. The van der Waals surface area contributed by atoms with E-state index in [1.54, 1.807) is 12.1 Å². The van der Waals surface area contributed by atoms with Gasteiger partial charge in [-0.25, -0.2) is 0 Å². The molecule has 11 heteroatoms. The zero-order valence-electron chi connectivity index (χ0n) is 16.7. The molecule has 1 saturated heterocycles. The monoisotopic (exact) mass is 517 g/mol. The number of nitrogens with zero attached hydrogens (tertiary/aromatic N) is 2. The first kappa shape index (κ1) is 23.7. The van der Waals surface area contributed by atoms with E-state index >= 15 is 0 Å². The summed E-state index contributed by atoms with van der Waals surface area (Å²) in [4.78, 5) is 12.3. The van der Waals surface area contributed by atoms with Gasteiger partial charge in [-0.1, -0.05) is 67.0 Å². The zero-order chi connectivity index (χ0) is 22.9. The van der Waals surface area contributed by atoms with Crippen molar-refractivity contribution in [3.8, 4) is 0 Å². The number of nitrogens with one attached hydrogen (secondary N) is 1. The van der Waals surface area contributed by atoms with Crippen molar-refractivity contribution >= 4 is 63.6 Å². The fourth-order valence-electron chi connectivity index (χ4n) is 3.77. The number of benzene rings is 1. The Balaban J connectivity index is 1.79. The highest BCUT2D eigenvalue weighted by molar-refractivity contribution is 8.26. The number of aromatic nitrogens is 2. The number of rotatable bonds is 5. The topological polar surface area (TPSA) is 46.9 Å². The molecule has 1 saturated carbocycles. The van der Waals surface area contributed by atoms with E-state index in [9.17, 15) is 18.0 Å². The van der Waals surface area contributed by atoms with Gasteiger partial charge in [-0.15, -0.1) is 11.8 Å². The highest BCUT2D eigenvalue weighted by atomic mass is 35.5. The lowest BCUT2D eigenvalue weighted by Crippen LogP contribution is -2.17. The predicted molar refractivity (Wildman–Crippen MR) is 127 cm³/mol. The summed E-state index contributed by atoms with van der Waals surface area (Å²) < 4.78 is 43.8. The lowest BCUT2D eigenvalue weighted by Gasteiger charge is -2.24. The largest absolute Gasteiger partial charge is 0.435 e. The van der Waals surface area contributed by atoms with E-state index in [4.69, 9.17) is 23.8 Å². The predicted octanol–water partition coefficient (Wildman–Crippen LogP) is 6.84. The summed E-state index contributed by atoms with van der Waals surface area (Å²) in [7, 11) is 0. The quantitative estimate of drug-likeness (QED) is 0.267. The Hall–Kier alpha value is -1.49. The van der Waals surface area contributed by atoms with Crippen molar-refractivity contribution in [3.05, 3.63) is 51.0 Å². The number of thiocarbonyl (C=S) groups is 1. The molecule has 1 aromatic carbocycles. The van der Waals surface area contributed by atoms with E-state index in [-0.39, 0.29) is 20.8 Å². The molecule has 0 radical (unpaired) electrons. The van der Waals surface area contributed by atoms with Crippen molar-refractivity contribution in [2.24, 2.45) is 0 Å². The fourth-order valence-corrected chi connectivity index (χ4v) is 6.05. The molecule has 1 aliphatic carbocycles. The van der Waals surface area contributed by atoms with Gasteiger partial charge in [-0.05, 0) is 36.6 Å². The first-order chi connectivity index (χ1) is 15.2. The molecule has 2 fully saturated rings. The second-order valence-electron chi connectivity index (χ2n) is 7.57. The van der Waals surface area contributed by atoms with Gasteiger partial charge >= 0.3 is 6.18 Å². The summed E-state index contributed by atoms with van der Waals surface area (Å²) in [5, 5.41) is 7.51. The van der Waals surface area contributed by atoms with Gasteiger partial charge in [0.25, 0.3) is 5.91 Å². The molecule has 0 atom stereocenters. The van der Waals surface area contributed by atoms with E-state index in [0.29, 0.717) is 15.8 Å². The maximum Gasteiger partial charge on any atom is 0.435 e. The van der Waals surface area contributed by atoms with Crippen molar-refractivity contribution in [3.63, 3.8) is 0 Å². The Morgan fingerprint density at radius 2 is 1.94 bits per heavy atom. The van der Waals surface area contributed by atoms with Crippen LogP contribution >= 0.6 is 47.3 Å². The summed E-state index contributed by atoms with van der Waals surface area (Å²) >= 11 is 13.2. The van der Waals surface area contributed by atoms with Gasteiger partial charge in [0.05, 0.1) is 10.9 Å². The molecule has 2 aliphatic rings. The smallest absolute Gasteiger partial charge is 0.307 e. The van der Waals surface area contributed by atoms with Gasteiger partial charge in [0.1, 0.15) is 9.35 Å². The Morgan fingerprint density at radius 3 is 2.53 bits per heavy atom. The van der Waals surface area contributed by atoms with Gasteiger partial charge in [0, 0.05) is 16.3 Å². The van der Waals surface area contributed by atoms with E-state index in [1.807, 2.05) is 12.1 Å². The minimum atomic E-state index is -4.65. The minimum absolute atomic E-state index is 0.0793. The van der Waals surface area contributed by atoms with Crippen LogP contribution in [0.3, 0.4) is 0 Å². The summed E-state index contributed by atoms with van der Waals surface area (Å²) in [5.74, 6) is -0.0481. The zero-order valence-corrected chi connectivity index (χ0v) is 20.0. The van der Waals surface area contributed by atoms with Crippen LogP contribution in [0.2, 0.25) is 5.02 Å². The number of amides is 1. The number of halogens is 4. The molecule has 0 bridgehead atoms. The Labute approximate surface area is 202 Å². The van der Waals surface area contributed by atoms with Gasteiger partial charge in [0.2, 0.25) is 0 Å². The van der Waals surface area contributed by atoms with Crippen LogP contribution in [0.25, 0.3) is 6.08 Å². The SMILES string of the molecule is O=C1NC(=S)S/C1=C\c1c(C(F)(F)F)nn(C2CCCCC2)c1SCc1ccc(Cl)cc1. The molecule has 32 heavy (non-hydrogen) atoms. The van der Waals surface area contributed by atoms with Crippen LogP contribution in [0.15, 0.2) is 34.2 Å². The van der Waals surface area contributed by atoms with E-state index in [2.05, 4.69) is 10.4 Å². The van der Waals surface area contributed by atoms with Crippen LogP contribution in [-0.2, 0) is 16.7 Å². The third-order valence-corrected chi connectivity index (χ3v) is 7.87. The third kappa shape index (κ3) is 5.35. The van der Waals surface area contributed by atoms with Crippen molar-refractivity contribution in [1.29, 1.82) is 0 Å². The van der Waals surface area contributed by atoms with Crippen LogP contribution in [0.5, 0.6) is 0 Å². The molecule has 0 unspecified atom stereocenters. The molecule has 2 aromatic rings. The van der Waals surface area contributed by atoms with Crippen LogP contribution in [0.1, 0.15) is 55.0 Å². The van der Waals surface area contributed by atoms with Gasteiger partial charge in [-0.3, -0.25) is 9.48 Å². The molecule has 1 N–H and O–H groups in total. The molecule has 1 aliphatic heterocycles. The van der Waals surface area contributed by atoms with Crippen molar-refractivity contribution < 1.29 is 18.0 Å². The first-order valence-electron chi connectivity index (χ1n) is 10.0. The molecule has 1 amide bonds. The van der Waals surface area contributed by atoms with Gasteiger partial charge in [-0.2, -0.15) is 18.3 Å². The third-order valence-electron chi connectivity index (χ3n) is 5.30. The second-order valence-corrected chi connectivity index (χ2v) is 10.7. The highest BCUT2D eigenvalue weighted by Gasteiger charge is 2.40. The van der Waals surface area contributed by atoms with Crippen molar-refractivity contribution in [2.45, 2.75) is 55.1 Å². The number of hydrogen-bond donors (Lipinski definition) is 1. The lowest BCUT2D eigenvalue weighted by molar-refractivity contribution is -0.141. The molecular formula is C21H19ClF3N3OS3. The van der Waals surface area contributed by atoms with Crippen LogP contribution < -0.4 is 5.32 Å². The number of hydrogen-bond acceptors (Lipinski definition) is 5. The average Bonchev–Trinajstić information content (AvgIpc) is 3.27. The van der Waals surface area contributed by atoms with Crippen molar-refractivity contribution in [1.82, 2.24) is 15.1 Å². The standard InChI is InChI=1S/C21H19ClF3N3OS3/c22-13-8-6-12(7-9-13)11-31-19-15(10-16-18(29)26-20(30)32-16)17(21(23,24)25)27-28(19)14-4-2-1-3-5-14/h6-10,14H,1-5,11H2,(H,26,29,30)/b16-10-. The molecule has 4 rings (SSSR count). The van der Waals surface area contributed by atoms with Gasteiger partial charge in [0.15, 0.2) is 5.69 Å². The summed E-state index contributed by atoms with van der Waals surface area (Å²) in [6.07, 6.45) is 1.17. The first-order valence-corrected chi connectivity index (χ1v) is 12.6. The summed E-state index contributed by atoms with van der Waals surface area (Å²) in [5.41, 5.74) is -0.123. The highest BCUT2D eigenvalue weighted by Crippen LogP contribution is 2.42. The number of carbonyl (C=O) groups excluding carboxylic acids is 1. The maximum absolute atomic E-state index is 14.0. The van der Waals surface area contributed by atoms with E-state index < -0.39 is 17.8 Å². The van der Waals surface area contributed by atoms with Crippen LogP contribution in [0, 0.1) is 0 Å². The Kier molecular flexibility index (Phi) is 7.24. The molecule has 170 valence electrons. The normalized spacial score (nSPS) is 19.1. The number of thioether (sulfide) groups is 2. The fraction of sp³-hybridized carbons (Fsp3) is 0.381. The molecule has 2 heterocycles. The molecule has 4 nitrogen and oxygen atoms in total. The lowest BCUT2D eigenvalue weighted by atomic mass is 9.96. The van der Waals surface area contributed by atoms with Crippen LogP contribution in [-0.4, -0.2) is 20.0 Å². The molecule has 1 aromatic heterocycles.